The van der Waals surface area contributed by atoms with Gasteiger partial charge in [-0.05, 0) is 55.2 Å². The molecule has 0 fully saturated rings. The van der Waals surface area contributed by atoms with Gasteiger partial charge >= 0.3 is 0 Å². The van der Waals surface area contributed by atoms with E-state index < -0.39 is 5.91 Å². The van der Waals surface area contributed by atoms with Crippen LogP contribution in [0.1, 0.15) is 30.0 Å². The third-order valence-corrected chi connectivity index (χ3v) is 5.06. The van der Waals surface area contributed by atoms with Crippen LogP contribution in [0.15, 0.2) is 78.4 Å². The number of hydrogen-bond donors (Lipinski definition) is 1. The van der Waals surface area contributed by atoms with Gasteiger partial charge in [0.15, 0.2) is 11.5 Å². The minimum Gasteiger partial charge on any atom is -0.490 e. The number of rotatable bonds is 11. The van der Waals surface area contributed by atoms with E-state index in [2.05, 4.69) is 5.32 Å². The molecular formula is C28H27FN2O3. The second kappa shape index (κ2) is 12.8. The molecule has 0 aromatic heterocycles. The second-order valence-corrected chi connectivity index (χ2v) is 7.53. The highest BCUT2D eigenvalue weighted by Crippen LogP contribution is 2.30. The molecule has 0 bridgehead atoms. The molecule has 1 N–H and O–H groups in total. The maximum absolute atomic E-state index is 13.9. The lowest BCUT2D eigenvalue weighted by molar-refractivity contribution is -0.117. The first kappa shape index (κ1) is 24.5. The number of nitrogens with one attached hydrogen (secondary N) is 1. The highest BCUT2D eigenvalue weighted by Gasteiger charge is 2.12. The molecular weight excluding hydrogens is 431 g/mol. The average Bonchev–Trinajstić information content (AvgIpc) is 2.86. The zero-order chi connectivity index (χ0) is 24.2. The summed E-state index contributed by atoms with van der Waals surface area (Å²) in [7, 11) is 0. The number of carbonyl (C=O) groups excluding carboxylic acids is 1. The number of nitrogens with zero attached hydrogens (tertiary/aromatic N) is 1. The molecule has 0 aliphatic rings. The number of aryl methyl sites for hydroxylation is 1. The minimum absolute atomic E-state index is 0.00202. The fourth-order valence-corrected chi connectivity index (χ4v) is 3.32. The van der Waals surface area contributed by atoms with Crippen LogP contribution >= 0.6 is 0 Å². The number of benzene rings is 3. The molecule has 6 heteroatoms. The first-order valence-corrected chi connectivity index (χ1v) is 11.2. The third kappa shape index (κ3) is 7.21. The number of ether oxygens (including phenoxy) is 2. The fourth-order valence-electron chi connectivity index (χ4n) is 3.32. The van der Waals surface area contributed by atoms with Crippen molar-refractivity contribution in [3.05, 3.63) is 101 Å². The Bertz CT molecular complexity index is 1170. The predicted molar refractivity (Wildman–Crippen MR) is 130 cm³/mol. The van der Waals surface area contributed by atoms with E-state index in [1.807, 2.05) is 43.3 Å². The smallest absolute Gasteiger partial charge is 0.261 e. The van der Waals surface area contributed by atoms with Crippen molar-refractivity contribution >= 4 is 12.0 Å². The largest absolute Gasteiger partial charge is 0.490 e. The number of hydrogen-bond acceptors (Lipinski definition) is 4. The van der Waals surface area contributed by atoms with Crippen LogP contribution in [0.25, 0.3) is 6.08 Å². The van der Waals surface area contributed by atoms with Crippen LogP contribution in [0.4, 0.5) is 4.39 Å². The maximum atomic E-state index is 13.9. The van der Waals surface area contributed by atoms with E-state index in [1.54, 1.807) is 36.4 Å². The van der Waals surface area contributed by atoms with Gasteiger partial charge in [0.1, 0.15) is 24.1 Å². The molecule has 0 unspecified atom stereocenters. The lowest BCUT2D eigenvalue weighted by atomic mass is 10.1. The number of carbonyl (C=O) groups is 1. The number of nitriles is 1. The summed E-state index contributed by atoms with van der Waals surface area (Å²) in [5.74, 6) is 0.140. The first-order chi connectivity index (χ1) is 16.6. The molecule has 0 aliphatic carbocycles. The van der Waals surface area contributed by atoms with E-state index in [-0.39, 0.29) is 18.0 Å². The Hall–Kier alpha value is -4.11. The molecule has 0 atom stereocenters. The third-order valence-electron chi connectivity index (χ3n) is 5.06. The fraction of sp³-hybridized carbons (Fsp3) is 0.214. The molecule has 0 radical (unpaired) electrons. The molecule has 3 rings (SSSR count). The molecule has 0 saturated carbocycles. The van der Waals surface area contributed by atoms with Crippen LogP contribution in [-0.4, -0.2) is 19.1 Å². The van der Waals surface area contributed by atoms with Crippen LogP contribution in [0.5, 0.6) is 11.5 Å². The zero-order valence-electron chi connectivity index (χ0n) is 19.1. The zero-order valence-corrected chi connectivity index (χ0v) is 19.1. The Morgan fingerprint density at radius 1 is 1.03 bits per heavy atom. The van der Waals surface area contributed by atoms with Crippen LogP contribution in [-0.2, 0) is 17.8 Å². The molecule has 0 spiro atoms. The van der Waals surface area contributed by atoms with Gasteiger partial charge in [-0.25, -0.2) is 4.39 Å². The summed E-state index contributed by atoms with van der Waals surface area (Å²) in [6.07, 6.45) is 3.13. The van der Waals surface area contributed by atoms with Crippen LogP contribution < -0.4 is 14.8 Å². The van der Waals surface area contributed by atoms with Gasteiger partial charge in [-0.15, -0.1) is 0 Å². The van der Waals surface area contributed by atoms with Crippen molar-refractivity contribution in [2.24, 2.45) is 0 Å². The van der Waals surface area contributed by atoms with Gasteiger partial charge in [-0.3, -0.25) is 4.79 Å². The van der Waals surface area contributed by atoms with Gasteiger partial charge < -0.3 is 14.8 Å². The summed E-state index contributed by atoms with van der Waals surface area (Å²) in [6, 6.07) is 23.5. The average molecular weight is 459 g/mol. The van der Waals surface area contributed by atoms with Crippen molar-refractivity contribution in [2.75, 3.05) is 13.2 Å². The summed E-state index contributed by atoms with van der Waals surface area (Å²) in [5, 5.41) is 12.3. The lowest BCUT2D eigenvalue weighted by Crippen LogP contribution is -2.25. The summed E-state index contributed by atoms with van der Waals surface area (Å²) >= 11 is 0. The van der Waals surface area contributed by atoms with Gasteiger partial charge in [-0.2, -0.15) is 5.26 Å². The summed E-state index contributed by atoms with van der Waals surface area (Å²) in [4.78, 5) is 12.5. The van der Waals surface area contributed by atoms with E-state index in [0.717, 1.165) is 12.8 Å². The van der Waals surface area contributed by atoms with Crippen molar-refractivity contribution in [1.82, 2.24) is 5.32 Å². The highest BCUT2D eigenvalue weighted by molar-refractivity contribution is 6.01. The van der Waals surface area contributed by atoms with Gasteiger partial charge in [-0.1, -0.05) is 54.6 Å². The molecule has 174 valence electrons. The SMILES string of the molecule is CCOc1cc(/C=C(/C#N)C(=O)NCCCc2ccccc2)ccc1OCc1ccccc1F. The molecule has 0 heterocycles. The van der Waals surface area contributed by atoms with Crippen LogP contribution in [0.2, 0.25) is 0 Å². The Morgan fingerprint density at radius 3 is 2.53 bits per heavy atom. The minimum atomic E-state index is -0.423. The number of halogens is 1. The number of amides is 1. The molecule has 0 saturated heterocycles. The second-order valence-electron chi connectivity index (χ2n) is 7.53. The van der Waals surface area contributed by atoms with Crippen molar-refractivity contribution in [3.63, 3.8) is 0 Å². The summed E-state index contributed by atoms with van der Waals surface area (Å²) < 4.78 is 25.3. The van der Waals surface area contributed by atoms with E-state index >= 15 is 0 Å². The van der Waals surface area contributed by atoms with Gasteiger partial charge in [0, 0.05) is 12.1 Å². The molecule has 1 amide bonds. The van der Waals surface area contributed by atoms with Gasteiger partial charge in [0.2, 0.25) is 0 Å². The van der Waals surface area contributed by atoms with E-state index in [1.165, 1.54) is 17.7 Å². The Balaban J connectivity index is 1.63. The van der Waals surface area contributed by atoms with E-state index in [9.17, 15) is 14.4 Å². The lowest BCUT2D eigenvalue weighted by Gasteiger charge is -2.13. The standard InChI is InChI=1S/C28H27FN2O3/c1-2-33-27-18-22(14-15-26(27)34-20-23-12-6-7-13-25(23)29)17-24(19-30)28(32)31-16-8-11-21-9-4-3-5-10-21/h3-7,9-10,12-15,17-18H,2,8,11,16,20H2,1H3,(H,31,32)/b24-17-. The quantitative estimate of drug-likeness (QED) is 0.235. The highest BCUT2D eigenvalue weighted by atomic mass is 19.1. The van der Waals surface area contributed by atoms with Crippen LogP contribution in [0, 0.1) is 17.1 Å². The molecule has 3 aromatic carbocycles. The molecule has 5 nitrogen and oxygen atoms in total. The van der Waals surface area contributed by atoms with Crippen molar-refractivity contribution in [3.8, 4) is 17.6 Å². The molecule has 3 aromatic rings. The monoisotopic (exact) mass is 458 g/mol. The topological polar surface area (TPSA) is 71.3 Å². The predicted octanol–water partition coefficient (Wildman–Crippen LogP) is 5.46. The Kier molecular flexibility index (Phi) is 9.24. The van der Waals surface area contributed by atoms with Gasteiger partial charge in [0.05, 0.1) is 6.61 Å². The summed E-state index contributed by atoms with van der Waals surface area (Å²) in [6.45, 7) is 2.76. The van der Waals surface area contributed by atoms with Gasteiger partial charge in [0.25, 0.3) is 5.91 Å². The van der Waals surface area contributed by atoms with Crippen molar-refractivity contribution in [2.45, 2.75) is 26.4 Å². The van der Waals surface area contributed by atoms with Crippen molar-refractivity contribution in [1.29, 1.82) is 5.26 Å². The van der Waals surface area contributed by atoms with Crippen LogP contribution in [0.3, 0.4) is 0 Å². The molecule has 0 aliphatic heterocycles. The first-order valence-electron chi connectivity index (χ1n) is 11.2. The van der Waals surface area contributed by atoms with E-state index in [4.69, 9.17) is 9.47 Å². The normalized spacial score (nSPS) is 10.9. The Morgan fingerprint density at radius 2 is 1.79 bits per heavy atom. The molecule has 34 heavy (non-hydrogen) atoms. The Labute approximate surface area is 199 Å². The maximum Gasteiger partial charge on any atom is 0.261 e. The van der Waals surface area contributed by atoms with Crippen molar-refractivity contribution < 1.29 is 18.7 Å². The van der Waals surface area contributed by atoms with E-state index in [0.29, 0.717) is 35.8 Å². The summed E-state index contributed by atoms with van der Waals surface area (Å²) in [5.41, 5.74) is 2.26.